The second-order valence-corrected chi connectivity index (χ2v) is 22.8. The predicted molar refractivity (Wildman–Crippen MR) is 172 cm³/mol. The average molecular weight is 715 g/mol. The molecule has 0 unspecified atom stereocenters. The van der Waals surface area contributed by atoms with Crippen LogP contribution in [0.15, 0.2) is 143 Å². The Morgan fingerprint density at radius 3 is 1.21 bits per heavy atom. The normalized spacial score (nSPS) is 12.5. The molecule has 6 nitrogen and oxygen atoms in total. The predicted octanol–water partition coefficient (Wildman–Crippen LogP) is 5.98. The molecular weight excluding hydrogens is 687 g/mol. The van der Waals surface area contributed by atoms with Gasteiger partial charge in [-0.15, -0.1) is 0 Å². The molecule has 6 aromatic rings. The monoisotopic (exact) mass is 716 g/mol. The Morgan fingerprint density at radius 2 is 0.791 bits per heavy atom. The molecule has 0 bridgehead atoms. The molecule has 0 heterocycles. The number of aryl methyl sites for hydroxylation is 2. The summed E-state index contributed by atoms with van der Waals surface area (Å²) in [5, 5.41) is 2.36. The maximum absolute atomic E-state index is 14.4. The van der Waals surface area contributed by atoms with Gasteiger partial charge in [-0.25, -0.2) is 0 Å². The van der Waals surface area contributed by atoms with E-state index in [4.69, 9.17) is 5.04 Å². The molecule has 0 saturated carbocycles. The second kappa shape index (κ2) is 11.5. The van der Waals surface area contributed by atoms with E-state index in [1.165, 1.54) is 12.1 Å². The molecule has 0 aliphatic carbocycles. The molecule has 0 fully saturated rings. The SMILES string of the molecule is Cc1cccc[c]1[Sn]([O]S(=O)(=O)c1cccc2ccccc12)([O]S(=O)(=O)c1cccc2ccccc12)[c]1ccccc1C. The molecule has 0 aliphatic heterocycles. The van der Waals surface area contributed by atoms with Crippen LogP contribution in [-0.2, 0) is 25.3 Å². The summed E-state index contributed by atoms with van der Waals surface area (Å²) in [6, 6.07) is 38.2. The van der Waals surface area contributed by atoms with Crippen LogP contribution in [0.3, 0.4) is 0 Å². The molecule has 216 valence electrons. The Bertz CT molecular complexity index is 2040. The van der Waals surface area contributed by atoms with Crippen molar-refractivity contribution in [3.8, 4) is 0 Å². The van der Waals surface area contributed by atoms with E-state index in [1.54, 1.807) is 86.6 Å². The summed E-state index contributed by atoms with van der Waals surface area (Å²) in [5.74, 6) is 0. The summed E-state index contributed by atoms with van der Waals surface area (Å²) >= 11 is -5.76. The first kappa shape index (κ1) is 29.5. The van der Waals surface area contributed by atoms with E-state index in [1.807, 2.05) is 48.5 Å². The fourth-order valence-electron chi connectivity index (χ4n) is 5.45. The van der Waals surface area contributed by atoms with Gasteiger partial charge in [-0.05, 0) is 0 Å². The van der Waals surface area contributed by atoms with Gasteiger partial charge in [-0.2, -0.15) is 0 Å². The van der Waals surface area contributed by atoms with Crippen LogP contribution >= 0.6 is 0 Å². The first-order chi connectivity index (χ1) is 20.6. The van der Waals surface area contributed by atoms with Gasteiger partial charge in [0.2, 0.25) is 0 Å². The van der Waals surface area contributed by atoms with Crippen LogP contribution in [0.1, 0.15) is 11.1 Å². The first-order valence-corrected chi connectivity index (χ1v) is 21.6. The minimum atomic E-state index is -5.76. The quantitative estimate of drug-likeness (QED) is 0.181. The van der Waals surface area contributed by atoms with Crippen molar-refractivity contribution in [2.24, 2.45) is 0 Å². The minimum absolute atomic E-state index is 0.0556. The van der Waals surface area contributed by atoms with E-state index in [-0.39, 0.29) is 9.79 Å². The molecule has 0 atom stereocenters. The van der Waals surface area contributed by atoms with Crippen molar-refractivity contribution in [2.45, 2.75) is 23.6 Å². The fourth-order valence-corrected chi connectivity index (χ4v) is 24.8. The molecule has 0 N–H and O–H groups in total. The second-order valence-electron chi connectivity index (χ2n) is 10.3. The summed E-state index contributed by atoms with van der Waals surface area (Å²) in [4.78, 5) is -0.111. The van der Waals surface area contributed by atoms with E-state index in [0.717, 1.165) is 0 Å². The summed E-state index contributed by atoms with van der Waals surface area (Å²) in [6.07, 6.45) is 0. The Labute approximate surface area is 256 Å². The molecule has 0 aromatic heterocycles. The van der Waals surface area contributed by atoms with Crippen molar-refractivity contribution in [2.75, 3.05) is 0 Å². The Balaban J connectivity index is 1.65. The van der Waals surface area contributed by atoms with E-state index in [9.17, 15) is 16.8 Å². The van der Waals surface area contributed by atoms with Gasteiger partial charge in [0.1, 0.15) is 0 Å². The zero-order chi connectivity index (χ0) is 30.2. The molecule has 43 heavy (non-hydrogen) atoms. The number of benzene rings is 6. The van der Waals surface area contributed by atoms with Gasteiger partial charge < -0.3 is 0 Å². The van der Waals surface area contributed by atoms with Gasteiger partial charge in [0.05, 0.1) is 0 Å². The van der Waals surface area contributed by atoms with Gasteiger partial charge in [0, 0.05) is 0 Å². The fraction of sp³-hybridized carbons (Fsp3) is 0.0588. The van der Waals surface area contributed by atoms with Crippen molar-refractivity contribution >= 4 is 68.1 Å². The number of fused-ring (bicyclic) bond motifs is 2. The number of hydrogen-bond acceptors (Lipinski definition) is 6. The molecule has 0 aliphatic rings. The molecule has 6 aromatic carbocycles. The van der Waals surface area contributed by atoms with Crippen molar-refractivity contribution < 1.29 is 21.9 Å². The molecule has 0 amide bonds. The van der Waals surface area contributed by atoms with Gasteiger partial charge in [-0.3, -0.25) is 0 Å². The topological polar surface area (TPSA) is 86.7 Å². The molecule has 0 spiro atoms. The van der Waals surface area contributed by atoms with E-state index >= 15 is 0 Å². The number of rotatable bonds is 8. The van der Waals surface area contributed by atoms with Crippen LogP contribution in [0.4, 0.5) is 0 Å². The molecule has 0 radical (unpaired) electrons. The van der Waals surface area contributed by atoms with Gasteiger partial charge >= 0.3 is 258 Å². The van der Waals surface area contributed by atoms with Crippen molar-refractivity contribution in [3.63, 3.8) is 0 Å². The van der Waals surface area contributed by atoms with Crippen LogP contribution in [-0.4, -0.2) is 36.0 Å². The number of hydrogen-bond donors (Lipinski definition) is 0. The van der Waals surface area contributed by atoms with Crippen LogP contribution < -0.4 is 7.16 Å². The van der Waals surface area contributed by atoms with Gasteiger partial charge in [0.25, 0.3) is 0 Å². The van der Waals surface area contributed by atoms with Gasteiger partial charge in [-0.1, -0.05) is 0 Å². The third kappa shape index (κ3) is 5.49. The third-order valence-corrected chi connectivity index (χ3v) is 25.2. The zero-order valence-corrected chi connectivity index (χ0v) is 28.0. The molecule has 9 heteroatoms. The maximum atomic E-state index is 14.4. The molecular formula is C34H28O6S2Sn. The first-order valence-electron chi connectivity index (χ1n) is 13.6. The van der Waals surface area contributed by atoms with E-state index < -0.39 is 39.4 Å². The Hall–Kier alpha value is -3.54. The summed E-state index contributed by atoms with van der Waals surface area (Å²) < 4.78 is 71.4. The standard InChI is InChI=1S/2C10H8O3S.2C7H7.Sn/c2*11-14(12,13)10-7-3-5-8-4-1-2-6-9(8)10;2*1-7-5-3-2-4-6-7;/h2*1-7H,(H,11,12,13);2*2-5H,1H3;/q;;;;+2/p-2. The van der Waals surface area contributed by atoms with Crippen LogP contribution in [0.5, 0.6) is 0 Å². The molecule has 0 saturated heterocycles. The zero-order valence-electron chi connectivity index (χ0n) is 23.5. The Kier molecular flexibility index (Phi) is 7.91. The summed E-state index contributed by atoms with van der Waals surface area (Å²) in [6.45, 7) is 3.61. The van der Waals surface area contributed by atoms with Crippen LogP contribution in [0.2, 0.25) is 0 Å². The van der Waals surface area contributed by atoms with Crippen molar-refractivity contribution in [1.82, 2.24) is 0 Å². The van der Waals surface area contributed by atoms with E-state index in [0.29, 0.717) is 39.8 Å². The van der Waals surface area contributed by atoms with Crippen LogP contribution in [0.25, 0.3) is 21.5 Å². The average Bonchev–Trinajstić information content (AvgIpc) is 3.00. The Morgan fingerprint density at radius 1 is 0.442 bits per heavy atom. The molecule has 6 rings (SSSR count). The van der Waals surface area contributed by atoms with Crippen molar-refractivity contribution in [3.05, 3.63) is 145 Å². The van der Waals surface area contributed by atoms with Crippen molar-refractivity contribution in [1.29, 1.82) is 0 Å². The summed E-state index contributed by atoms with van der Waals surface area (Å²) in [5.41, 5.74) is 1.34. The summed E-state index contributed by atoms with van der Waals surface area (Å²) in [7, 11) is -9.14. The third-order valence-electron chi connectivity index (χ3n) is 7.49. The van der Waals surface area contributed by atoms with E-state index in [2.05, 4.69) is 0 Å². The van der Waals surface area contributed by atoms with Gasteiger partial charge in [0.15, 0.2) is 0 Å². The van der Waals surface area contributed by atoms with Crippen LogP contribution in [0, 0.1) is 13.8 Å².